The number of amides is 2. The second-order valence-corrected chi connectivity index (χ2v) is 11.6. The first-order chi connectivity index (χ1) is 21.7. The lowest BCUT2D eigenvalue weighted by Gasteiger charge is -2.23. The minimum absolute atomic E-state index is 0.260. The molecule has 0 aromatic heterocycles. The van der Waals surface area contributed by atoms with E-state index in [9.17, 15) is 18.6 Å². The van der Waals surface area contributed by atoms with Gasteiger partial charge >= 0.3 is 5.97 Å². The van der Waals surface area contributed by atoms with Crippen LogP contribution in [-0.4, -0.2) is 46.7 Å². The van der Waals surface area contributed by atoms with Crippen molar-refractivity contribution < 1.29 is 23.7 Å². The largest absolute Gasteiger partial charge is 0.478 e. The van der Waals surface area contributed by atoms with Crippen LogP contribution in [0.3, 0.4) is 0 Å². The second-order valence-electron chi connectivity index (χ2n) is 10.3. The molecule has 0 aliphatic heterocycles. The number of hydrogen-bond donors (Lipinski definition) is 4. The summed E-state index contributed by atoms with van der Waals surface area (Å²) in [5, 5.41) is 14.9. The maximum absolute atomic E-state index is 13.6. The zero-order valence-corrected chi connectivity index (χ0v) is 26.4. The number of hydrogen-bond acceptors (Lipinski definition) is 5. The number of nitrogens with one attached hydrogen (secondary N) is 3. The van der Waals surface area contributed by atoms with Crippen LogP contribution in [-0.2, 0) is 23.8 Å². The molecule has 0 radical (unpaired) electrons. The van der Waals surface area contributed by atoms with E-state index in [0.717, 1.165) is 42.7 Å². The van der Waals surface area contributed by atoms with Crippen LogP contribution in [0.2, 0.25) is 0 Å². The van der Waals surface area contributed by atoms with Crippen LogP contribution in [0.15, 0.2) is 95.9 Å². The Morgan fingerprint density at radius 3 is 1.98 bits per heavy atom. The monoisotopic (exact) mass is 626 g/mol. The normalized spacial score (nSPS) is 11.4. The molecule has 0 saturated carbocycles. The van der Waals surface area contributed by atoms with E-state index < -0.39 is 22.9 Å². The van der Waals surface area contributed by atoms with Crippen LogP contribution in [0.4, 0.5) is 17.1 Å². The summed E-state index contributed by atoms with van der Waals surface area (Å²) in [4.78, 5) is 40.6. The molecular weight excluding hydrogens is 588 g/mol. The molecule has 4 N–H and O–H groups in total. The molecule has 0 fully saturated rings. The SMILES string of the molecule is CCNS(=O)c1cccc(C(=O)Nc2ccc(N(CC)CC)cc2C(=O)Nc2ccc(CCc3ccc(C(=O)O)cc3)cc2)c1. The molecule has 0 heterocycles. The second kappa shape index (κ2) is 15.8. The minimum Gasteiger partial charge on any atom is -0.478 e. The zero-order valence-electron chi connectivity index (χ0n) is 25.6. The van der Waals surface area contributed by atoms with Crippen molar-refractivity contribution in [2.75, 3.05) is 35.2 Å². The molecule has 0 saturated heterocycles. The molecule has 4 aromatic carbocycles. The Morgan fingerprint density at radius 2 is 1.38 bits per heavy atom. The summed E-state index contributed by atoms with van der Waals surface area (Å²) in [5.41, 5.74) is 4.84. The lowest BCUT2D eigenvalue weighted by Crippen LogP contribution is -2.23. The first-order valence-electron chi connectivity index (χ1n) is 14.9. The predicted molar refractivity (Wildman–Crippen MR) is 180 cm³/mol. The van der Waals surface area contributed by atoms with Crippen LogP contribution in [0.5, 0.6) is 0 Å². The van der Waals surface area contributed by atoms with Crippen molar-refractivity contribution in [2.45, 2.75) is 38.5 Å². The van der Waals surface area contributed by atoms with Crippen LogP contribution in [0, 0.1) is 0 Å². The first-order valence-corrected chi connectivity index (χ1v) is 16.1. The Kier molecular flexibility index (Phi) is 11.6. The smallest absolute Gasteiger partial charge is 0.335 e. The number of carbonyl (C=O) groups is 3. The minimum atomic E-state index is -1.44. The Labute approximate surface area is 266 Å². The summed E-state index contributed by atoms with van der Waals surface area (Å²) in [6, 6.07) is 26.4. The van der Waals surface area contributed by atoms with Gasteiger partial charge in [-0.15, -0.1) is 0 Å². The van der Waals surface area contributed by atoms with E-state index in [4.69, 9.17) is 5.11 Å². The van der Waals surface area contributed by atoms with E-state index in [1.165, 1.54) is 0 Å². The number of carboxylic acid groups (broad SMARTS) is 1. The topological polar surface area (TPSA) is 128 Å². The van der Waals surface area contributed by atoms with Crippen molar-refractivity contribution in [2.24, 2.45) is 0 Å². The van der Waals surface area contributed by atoms with E-state index in [1.807, 2.05) is 63.2 Å². The zero-order chi connectivity index (χ0) is 32.3. The molecule has 4 rings (SSSR count). The summed E-state index contributed by atoms with van der Waals surface area (Å²) >= 11 is 0. The van der Waals surface area contributed by atoms with Gasteiger partial charge in [-0.2, -0.15) is 0 Å². The van der Waals surface area contributed by atoms with Gasteiger partial charge < -0.3 is 20.6 Å². The van der Waals surface area contributed by atoms with Crippen molar-refractivity contribution >= 4 is 45.8 Å². The van der Waals surface area contributed by atoms with E-state index in [1.54, 1.807) is 48.5 Å². The lowest BCUT2D eigenvalue weighted by molar-refractivity contribution is 0.0696. The Hall–Kier alpha value is -4.80. The summed E-state index contributed by atoms with van der Waals surface area (Å²) in [5.74, 6) is -1.73. The number of aromatic carboxylic acids is 1. The molecule has 1 unspecified atom stereocenters. The van der Waals surface area contributed by atoms with Gasteiger partial charge in [0.15, 0.2) is 0 Å². The molecule has 0 spiro atoms. The molecule has 0 bridgehead atoms. The average Bonchev–Trinajstić information content (AvgIpc) is 3.05. The first kappa shape index (κ1) is 33.1. The molecule has 234 valence electrons. The third-order valence-corrected chi connectivity index (χ3v) is 8.56. The summed E-state index contributed by atoms with van der Waals surface area (Å²) in [6.45, 7) is 7.96. The summed E-state index contributed by atoms with van der Waals surface area (Å²) < 4.78 is 15.2. The highest BCUT2D eigenvalue weighted by Crippen LogP contribution is 2.26. The van der Waals surface area contributed by atoms with Crippen LogP contribution >= 0.6 is 0 Å². The van der Waals surface area contributed by atoms with E-state index in [2.05, 4.69) is 20.3 Å². The standard InChI is InChI=1S/C35H38N4O5S/c1-4-36-45(44)30-9-7-8-27(22-30)33(40)38-32-21-20-29(39(5-2)6-3)23-31(32)34(41)37-28-18-14-25(15-19-28)11-10-24-12-16-26(17-13-24)35(42)43/h7-9,12-23,36H,4-6,10-11H2,1-3H3,(H,37,41)(H,38,40)(H,42,43). The van der Waals surface area contributed by atoms with Gasteiger partial charge in [0.2, 0.25) is 0 Å². The van der Waals surface area contributed by atoms with Gasteiger partial charge in [0.1, 0.15) is 11.0 Å². The van der Waals surface area contributed by atoms with Crippen molar-refractivity contribution in [1.82, 2.24) is 4.72 Å². The average molecular weight is 627 g/mol. The maximum atomic E-state index is 13.6. The third-order valence-electron chi connectivity index (χ3n) is 7.33. The van der Waals surface area contributed by atoms with Crippen molar-refractivity contribution in [3.63, 3.8) is 0 Å². The molecule has 9 nitrogen and oxygen atoms in total. The Bertz CT molecular complexity index is 1670. The van der Waals surface area contributed by atoms with E-state index in [-0.39, 0.29) is 11.5 Å². The van der Waals surface area contributed by atoms with E-state index >= 15 is 0 Å². The molecule has 10 heteroatoms. The fourth-order valence-electron chi connectivity index (χ4n) is 4.83. The number of carbonyl (C=O) groups excluding carboxylic acids is 2. The highest BCUT2D eigenvalue weighted by Gasteiger charge is 2.18. The fraction of sp³-hybridized carbons (Fsp3) is 0.229. The number of rotatable bonds is 14. The van der Waals surface area contributed by atoms with Gasteiger partial charge in [0.05, 0.1) is 21.7 Å². The van der Waals surface area contributed by atoms with Gasteiger partial charge in [-0.3, -0.25) is 9.59 Å². The number of nitrogens with zero attached hydrogens (tertiary/aromatic N) is 1. The number of aryl methyl sites for hydroxylation is 2. The quantitative estimate of drug-likeness (QED) is 0.133. The fourth-order valence-corrected chi connectivity index (χ4v) is 5.70. The number of benzene rings is 4. The number of anilines is 3. The van der Waals surface area contributed by atoms with Crippen LogP contribution < -0.4 is 20.3 Å². The van der Waals surface area contributed by atoms with Crippen LogP contribution in [0.25, 0.3) is 0 Å². The van der Waals surface area contributed by atoms with Gasteiger partial charge in [0, 0.05) is 36.6 Å². The summed E-state index contributed by atoms with van der Waals surface area (Å²) in [6.07, 6.45) is 1.51. The van der Waals surface area contributed by atoms with Crippen molar-refractivity contribution in [3.05, 3.63) is 119 Å². The lowest BCUT2D eigenvalue weighted by atomic mass is 10.0. The van der Waals surface area contributed by atoms with E-state index in [0.29, 0.717) is 33.9 Å². The number of carboxylic acids is 1. The van der Waals surface area contributed by atoms with Gasteiger partial charge in [-0.25, -0.2) is 13.7 Å². The van der Waals surface area contributed by atoms with Crippen LogP contribution in [0.1, 0.15) is 63.0 Å². The third kappa shape index (κ3) is 8.87. The molecule has 45 heavy (non-hydrogen) atoms. The Balaban J connectivity index is 1.50. The molecule has 4 aromatic rings. The highest BCUT2D eigenvalue weighted by molar-refractivity contribution is 7.83. The van der Waals surface area contributed by atoms with Crippen molar-refractivity contribution in [1.29, 1.82) is 0 Å². The van der Waals surface area contributed by atoms with Gasteiger partial charge in [-0.05, 0) is 98.5 Å². The van der Waals surface area contributed by atoms with Gasteiger partial charge in [0.25, 0.3) is 11.8 Å². The molecule has 0 aliphatic rings. The molecule has 2 amide bonds. The molecule has 0 aliphatic carbocycles. The summed E-state index contributed by atoms with van der Waals surface area (Å²) in [7, 11) is -1.44. The molecular formula is C35H38N4O5S. The maximum Gasteiger partial charge on any atom is 0.335 e. The highest BCUT2D eigenvalue weighted by atomic mass is 32.2. The Morgan fingerprint density at radius 1 is 0.733 bits per heavy atom. The van der Waals surface area contributed by atoms with Gasteiger partial charge in [-0.1, -0.05) is 37.3 Å². The molecule has 1 atom stereocenters. The predicted octanol–water partition coefficient (Wildman–Crippen LogP) is 6.15. The van der Waals surface area contributed by atoms with Crippen molar-refractivity contribution in [3.8, 4) is 0 Å².